The fourth-order valence-corrected chi connectivity index (χ4v) is 2.34. The largest absolute Gasteiger partial charge is 0.467 e. The summed E-state index contributed by atoms with van der Waals surface area (Å²) in [6.45, 7) is 2.83. The molecule has 1 atom stereocenters. The second-order valence-electron chi connectivity index (χ2n) is 5.60. The molecule has 0 aliphatic heterocycles. The maximum atomic E-state index is 13.0. The van der Waals surface area contributed by atoms with Gasteiger partial charge in [-0.1, -0.05) is 12.1 Å². The van der Waals surface area contributed by atoms with E-state index in [-0.39, 0.29) is 12.4 Å². The fraction of sp³-hybridized carbons (Fsp3) is 0.444. The number of furan rings is 1. The molecule has 1 aromatic carbocycles. The van der Waals surface area contributed by atoms with E-state index in [2.05, 4.69) is 4.90 Å². The van der Waals surface area contributed by atoms with Gasteiger partial charge in [-0.3, -0.25) is 4.90 Å². The summed E-state index contributed by atoms with van der Waals surface area (Å²) >= 11 is 0. The van der Waals surface area contributed by atoms with E-state index in [1.807, 2.05) is 6.07 Å². The van der Waals surface area contributed by atoms with Crippen LogP contribution in [0.4, 0.5) is 4.39 Å². The van der Waals surface area contributed by atoms with Gasteiger partial charge in [0.25, 0.3) is 0 Å². The standard InChI is InChI=1S/C18H24FNO4/c1-22-10-8-20(11-15-4-6-16(19)7-5-15)12-17(21)13-23-14-18-3-2-9-24-18/h2-7,9,17,21H,8,10-14H2,1H3/t17-/m1/s1. The Kier molecular flexibility index (Phi) is 7.91. The summed E-state index contributed by atoms with van der Waals surface area (Å²) in [5, 5.41) is 10.2. The highest BCUT2D eigenvalue weighted by Gasteiger charge is 2.13. The van der Waals surface area contributed by atoms with E-state index in [4.69, 9.17) is 13.9 Å². The van der Waals surface area contributed by atoms with Crippen LogP contribution < -0.4 is 0 Å². The lowest BCUT2D eigenvalue weighted by molar-refractivity contribution is 0.000484. The minimum Gasteiger partial charge on any atom is -0.467 e. The highest BCUT2D eigenvalue weighted by atomic mass is 19.1. The molecule has 5 nitrogen and oxygen atoms in total. The topological polar surface area (TPSA) is 55.1 Å². The third-order valence-electron chi connectivity index (χ3n) is 3.53. The van der Waals surface area contributed by atoms with Gasteiger partial charge in [0.1, 0.15) is 18.2 Å². The predicted octanol–water partition coefficient (Wildman–Crippen LogP) is 2.44. The maximum absolute atomic E-state index is 13.0. The fourth-order valence-electron chi connectivity index (χ4n) is 2.34. The van der Waals surface area contributed by atoms with Gasteiger partial charge in [0, 0.05) is 26.7 Å². The summed E-state index contributed by atoms with van der Waals surface area (Å²) < 4.78 is 28.7. The number of hydrogen-bond donors (Lipinski definition) is 1. The van der Waals surface area contributed by atoms with E-state index >= 15 is 0 Å². The van der Waals surface area contributed by atoms with Crippen molar-refractivity contribution >= 4 is 0 Å². The van der Waals surface area contributed by atoms with Gasteiger partial charge in [-0.15, -0.1) is 0 Å². The Hall–Kier alpha value is -1.73. The van der Waals surface area contributed by atoms with Crippen molar-refractivity contribution in [3.05, 3.63) is 59.8 Å². The molecule has 0 amide bonds. The molecular weight excluding hydrogens is 313 g/mol. The van der Waals surface area contributed by atoms with Gasteiger partial charge in [-0.2, -0.15) is 0 Å². The first kappa shape index (κ1) is 18.6. The molecular formula is C18H24FNO4. The zero-order valence-corrected chi connectivity index (χ0v) is 13.9. The van der Waals surface area contributed by atoms with Crippen LogP contribution in [0.5, 0.6) is 0 Å². The van der Waals surface area contributed by atoms with Crippen molar-refractivity contribution in [3.63, 3.8) is 0 Å². The Labute approximate surface area is 141 Å². The molecule has 24 heavy (non-hydrogen) atoms. The van der Waals surface area contributed by atoms with Gasteiger partial charge in [0.05, 0.1) is 25.6 Å². The van der Waals surface area contributed by atoms with Crippen LogP contribution in [-0.4, -0.2) is 49.5 Å². The quantitative estimate of drug-likeness (QED) is 0.683. The molecule has 2 aromatic rings. The normalized spacial score (nSPS) is 12.7. The van der Waals surface area contributed by atoms with Crippen LogP contribution in [0.25, 0.3) is 0 Å². The van der Waals surface area contributed by atoms with Crippen molar-refractivity contribution in [3.8, 4) is 0 Å². The molecule has 0 saturated carbocycles. The van der Waals surface area contributed by atoms with Crippen molar-refractivity contribution in [2.75, 3.05) is 33.4 Å². The number of halogens is 1. The number of methoxy groups -OCH3 is 1. The number of benzene rings is 1. The van der Waals surface area contributed by atoms with Crippen LogP contribution in [-0.2, 0) is 22.6 Å². The smallest absolute Gasteiger partial charge is 0.129 e. The average Bonchev–Trinajstić information content (AvgIpc) is 3.08. The van der Waals surface area contributed by atoms with Crippen molar-refractivity contribution in [1.82, 2.24) is 4.90 Å². The van der Waals surface area contributed by atoms with Gasteiger partial charge >= 0.3 is 0 Å². The Balaban J connectivity index is 1.79. The molecule has 132 valence electrons. The van der Waals surface area contributed by atoms with E-state index in [1.54, 1.807) is 31.6 Å². The molecule has 0 unspecified atom stereocenters. The molecule has 1 aromatic heterocycles. The van der Waals surface area contributed by atoms with Gasteiger partial charge in [0.15, 0.2) is 0 Å². The van der Waals surface area contributed by atoms with E-state index in [1.165, 1.54) is 12.1 Å². The number of hydrogen-bond acceptors (Lipinski definition) is 5. The second-order valence-corrected chi connectivity index (χ2v) is 5.60. The number of rotatable bonds is 11. The lowest BCUT2D eigenvalue weighted by Gasteiger charge is -2.25. The first-order valence-electron chi connectivity index (χ1n) is 7.91. The highest BCUT2D eigenvalue weighted by molar-refractivity contribution is 5.15. The van der Waals surface area contributed by atoms with Gasteiger partial charge in [0.2, 0.25) is 0 Å². The van der Waals surface area contributed by atoms with Crippen LogP contribution in [0.1, 0.15) is 11.3 Å². The molecule has 1 N–H and O–H groups in total. The molecule has 1 heterocycles. The average molecular weight is 337 g/mol. The Morgan fingerprint density at radius 2 is 2.04 bits per heavy atom. The summed E-state index contributed by atoms with van der Waals surface area (Å²) in [6.07, 6.45) is 0.960. The van der Waals surface area contributed by atoms with Gasteiger partial charge in [-0.25, -0.2) is 4.39 Å². The summed E-state index contributed by atoms with van der Waals surface area (Å²) in [5.41, 5.74) is 0.983. The summed E-state index contributed by atoms with van der Waals surface area (Å²) in [5.74, 6) is 0.471. The van der Waals surface area contributed by atoms with Crippen LogP contribution in [0.2, 0.25) is 0 Å². The lowest BCUT2D eigenvalue weighted by atomic mass is 10.2. The van der Waals surface area contributed by atoms with E-state index in [0.29, 0.717) is 32.8 Å². The van der Waals surface area contributed by atoms with Gasteiger partial charge in [-0.05, 0) is 29.8 Å². The predicted molar refractivity (Wildman–Crippen MR) is 87.9 cm³/mol. The first-order valence-corrected chi connectivity index (χ1v) is 7.91. The van der Waals surface area contributed by atoms with Crippen molar-refractivity contribution < 1.29 is 23.4 Å². The Morgan fingerprint density at radius 1 is 1.25 bits per heavy atom. The Bertz CT molecular complexity index is 559. The third-order valence-corrected chi connectivity index (χ3v) is 3.53. The molecule has 0 bridgehead atoms. The summed E-state index contributed by atoms with van der Waals surface area (Å²) in [7, 11) is 1.64. The Morgan fingerprint density at radius 3 is 2.71 bits per heavy atom. The van der Waals surface area contributed by atoms with E-state index in [0.717, 1.165) is 11.3 Å². The van der Waals surface area contributed by atoms with Crippen LogP contribution in [0, 0.1) is 5.82 Å². The van der Waals surface area contributed by atoms with Gasteiger partial charge < -0.3 is 19.0 Å². The molecule has 0 spiro atoms. The number of aliphatic hydroxyl groups is 1. The van der Waals surface area contributed by atoms with Crippen molar-refractivity contribution in [2.45, 2.75) is 19.3 Å². The van der Waals surface area contributed by atoms with Crippen molar-refractivity contribution in [2.24, 2.45) is 0 Å². The van der Waals surface area contributed by atoms with Crippen LogP contribution in [0.3, 0.4) is 0 Å². The third kappa shape index (κ3) is 6.80. The molecule has 0 aliphatic carbocycles. The SMILES string of the molecule is COCCN(Cc1ccc(F)cc1)C[C@@H](O)COCc1ccco1. The molecule has 6 heteroatoms. The molecule has 0 radical (unpaired) electrons. The van der Waals surface area contributed by atoms with Crippen LogP contribution >= 0.6 is 0 Å². The number of ether oxygens (including phenoxy) is 2. The van der Waals surface area contributed by atoms with Crippen LogP contribution in [0.15, 0.2) is 47.1 Å². The number of aliphatic hydroxyl groups excluding tert-OH is 1. The molecule has 2 rings (SSSR count). The minimum atomic E-state index is -0.628. The zero-order valence-electron chi connectivity index (χ0n) is 13.9. The second kappa shape index (κ2) is 10.2. The van der Waals surface area contributed by atoms with E-state index in [9.17, 15) is 9.50 Å². The minimum absolute atomic E-state index is 0.216. The molecule has 0 saturated heterocycles. The maximum Gasteiger partial charge on any atom is 0.129 e. The van der Waals surface area contributed by atoms with Crippen molar-refractivity contribution in [1.29, 1.82) is 0 Å². The summed E-state index contributed by atoms with van der Waals surface area (Å²) in [4.78, 5) is 2.05. The lowest BCUT2D eigenvalue weighted by Crippen LogP contribution is -2.36. The number of nitrogens with zero attached hydrogens (tertiary/aromatic N) is 1. The zero-order chi connectivity index (χ0) is 17.2. The highest BCUT2D eigenvalue weighted by Crippen LogP contribution is 2.08. The first-order chi connectivity index (χ1) is 11.7. The summed E-state index contributed by atoms with van der Waals surface area (Å²) in [6, 6.07) is 9.99. The van der Waals surface area contributed by atoms with E-state index < -0.39 is 6.10 Å². The molecule has 0 fully saturated rings. The molecule has 0 aliphatic rings. The monoisotopic (exact) mass is 337 g/mol.